The highest BCUT2D eigenvalue weighted by atomic mass is 16.3. The van der Waals surface area contributed by atoms with Crippen molar-refractivity contribution in [1.29, 1.82) is 0 Å². The van der Waals surface area contributed by atoms with Crippen molar-refractivity contribution in [2.45, 2.75) is 25.8 Å². The molecule has 0 aliphatic heterocycles. The van der Waals surface area contributed by atoms with Crippen molar-refractivity contribution < 1.29 is 14.7 Å². The predicted octanol–water partition coefficient (Wildman–Crippen LogP) is 1.27. The summed E-state index contributed by atoms with van der Waals surface area (Å²) in [7, 11) is 1.65. The number of carbonyl (C=O) groups is 2. The van der Waals surface area contributed by atoms with E-state index in [1.54, 1.807) is 36.2 Å². The van der Waals surface area contributed by atoms with Crippen LogP contribution >= 0.6 is 0 Å². The maximum Gasteiger partial charge on any atom is 0.256 e. The second-order valence-corrected chi connectivity index (χ2v) is 5.05. The molecule has 0 saturated heterocycles. The van der Waals surface area contributed by atoms with E-state index in [0.29, 0.717) is 17.8 Å². The first-order valence-electron chi connectivity index (χ1n) is 6.81. The van der Waals surface area contributed by atoms with Gasteiger partial charge in [-0.15, -0.1) is 0 Å². The zero-order chi connectivity index (χ0) is 14.7. The fourth-order valence-corrected chi connectivity index (χ4v) is 2.22. The molecule has 1 aliphatic rings. The quantitative estimate of drug-likeness (QED) is 0.881. The average Bonchev–Trinajstić information content (AvgIpc) is 3.27. The molecule has 0 heterocycles. The van der Waals surface area contributed by atoms with Gasteiger partial charge in [-0.3, -0.25) is 9.59 Å². The maximum atomic E-state index is 12.6. The number of aliphatic hydroxyl groups excluding tert-OH is 1. The van der Waals surface area contributed by atoms with Crippen LogP contribution < -0.4 is 4.90 Å². The number of rotatable bonds is 5. The van der Waals surface area contributed by atoms with E-state index in [-0.39, 0.29) is 24.5 Å². The molecule has 5 nitrogen and oxygen atoms in total. The van der Waals surface area contributed by atoms with E-state index in [2.05, 4.69) is 0 Å². The molecule has 2 rings (SSSR count). The lowest BCUT2D eigenvalue weighted by atomic mass is 10.1. The molecular weight excluding hydrogens is 256 g/mol. The molecule has 1 fully saturated rings. The van der Waals surface area contributed by atoms with Crippen LogP contribution in [0.1, 0.15) is 30.1 Å². The van der Waals surface area contributed by atoms with Gasteiger partial charge in [-0.1, -0.05) is 12.1 Å². The van der Waals surface area contributed by atoms with Crippen molar-refractivity contribution in [1.82, 2.24) is 4.90 Å². The monoisotopic (exact) mass is 276 g/mol. The molecule has 1 aromatic rings. The highest BCUT2D eigenvalue weighted by Crippen LogP contribution is 2.30. The third-order valence-corrected chi connectivity index (χ3v) is 3.56. The number of anilines is 1. The van der Waals surface area contributed by atoms with Gasteiger partial charge in [0.05, 0.1) is 17.9 Å². The van der Waals surface area contributed by atoms with E-state index < -0.39 is 0 Å². The predicted molar refractivity (Wildman–Crippen MR) is 76.7 cm³/mol. The molecule has 0 unspecified atom stereocenters. The van der Waals surface area contributed by atoms with Gasteiger partial charge < -0.3 is 14.9 Å². The van der Waals surface area contributed by atoms with Gasteiger partial charge in [0.2, 0.25) is 5.91 Å². The summed E-state index contributed by atoms with van der Waals surface area (Å²) >= 11 is 0. The van der Waals surface area contributed by atoms with Gasteiger partial charge in [0, 0.05) is 26.6 Å². The van der Waals surface area contributed by atoms with Crippen LogP contribution in [0.3, 0.4) is 0 Å². The highest BCUT2D eigenvalue weighted by Gasteiger charge is 2.33. The Kier molecular flexibility index (Phi) is 4.39. The number of benzene rings is 1. The number of nitrogens with zero attached hydrogens (tertiary/aromatic N) is 2. The van der Waals surface area contributed by atoms with Crippen LogP contribution in [0.4, 0.5) is 5.69 Å². The van der Waals surface area contributed by atoms with Gasteiger partial charge in [0.25, 0.3) is 5.91 Å². The molecule has 0 spiro atoms. The van der Waals surface area contributed by atoms with Gasteiger partial charge >= 0.3 is 0 Å². The van der Waals surface area contributed by atoms with E-state index in [0.717, 1.165) is 12.8 Å². The molecule has 1 aliphatic carbocycles. The van der Waals surface area contributed by atoms with Crippen LogP contribution in [0.25, 0.3) is 0 Å². The minimum Gasteiger partial charge on any atom is -0.395 e. The Morgan fingerprint density at radius 3 is 2.50 bits per heavy atom. The Bertz CT molecular complexity index is 512. The Morgan fingerprint density at radius 1 is 1.30 bits per heavy atom. The molecule has 2 amide bonds. The number of carbonyl (C=O) groups excluding carboxylic acids is 2. The molecule has 20 heavy (non-hydrogen) atoms. The summed E-state index contributed by atoms with van der Waals surface area (Å²) in [5.74, 6) is -0.240. The summed E-state index contributed by atoms with van der Waals surface area (Å²) in [5.41, 5.74) is 1.11. The maximum absolute atomic E-state index is 12.6. The van der Waals surface area contributed by atoms with Gasteiger partial charge in [-0.2, -0.15) is 0 Å². The summed E-state index contributed by atoms with van der Waals surface area (Å²) in [5, 5.41) is 9.12. The van der Waals surface area contributed by atoms with E-state index in [9.17, 15) is 9.59 Å². The number of aliphatic hydroxyl groups is 1. The Balaban J connectivity index is 2.31. The molecule has 0 atom stereocenters. The van der Waals surface area contributed by atoms with Crippen LogP contribution in [0, 0.1) is 0 Å². The van der Waals surface area contributed by atoms with Gasteiger partial charge in [-0.25, -0.2) is 0 Å². The van der Waals surface area contributed by atoms with Gasteiger partial charge in [0.15, 0.2) is 0 Å². The lowest BCUT2D eigenvalue weighted by Gasteiger charge is -2.25. The molecule has 108 valence electrons. The van der Waals surface area contributed by atoms with Crippen LogP contribution in [-0.4, -0.2) is 48.1 Å². The minimum atomic E-state index is -0.120. The molecular formula is C15H20N2O3. The van der Waals surface area contributed by atoms with Gasteiger partial charge in [0.1, 0.15) is 0 Å². The molecule has 1 aromatic carbocycles. The number of amides is 2. The second-order valence-electron chi connectivity index (χ2n) is 5.05. The lowest BCUT2D eigenvalue weighted by molar-refractivity contribution is -0.116. The Hall–Kier alpha value is -1.88. The molecule has 5 heteroatoms. The lowest BCUT2D eigenvalue weighted by Crippen LogP contribution is -2.37. The Labute approximate surface area is 118 Å². The summed E-state index contributed by atoms with van der Waals surface area (Å²) in [6, 6.07) is 7.31. The zero-order valence-electron chi connectivity index (χ0n) is 11.9. The number of para-hydroxylation sites is 1. The van der Waals surface area contributed by atoms with Crippen LogP contribution in [0.15, 0.2) is 24.3 Å². The third-order valence-electron chi connectivity index (χ3n) is 3.56. The van der Waals surface area contributed by atoms with E-state index in [1.165, 1.54) is 11.8 Å². The molecule has 0 aromatic heterocycles. The number of hydrogen-bond acceptors (Lipinski definition) is 3. The van der Waals surface area contributed by atoms with Gasteiger partial charge in [-0.05, 0) is 25.0 Å². The first kappa shape index (κ1) is 14.5. The van der Waals surface area contributed by atoms with Crippen molar-refractivity contribution >= 4 is 17.5 Å². The molecule has 1 saturated carbocycles. The van der Waals surface area contributed by atoms with Crippen molar-refractivity contribution in [2.75, 3.05) is 25.1 Å². The highest BCUT2D eigenvalue weighted by molar-refractivity contribution is 6.04. The fraction of sp³-hybridized carbons (Fsp3) is 0.467. The SMILES string of the molecule is CC(=O)N(C)c1ccccc1C(=O)N(CCO)C1CC1. The van der Waals surface area contributed by atoms with E-state index >= 15 is 0 Å². The second kappa shape index (κ2) is 6.05. The van der Waals surface area contributed by atoms with Crippen molar-refractivity contribution in [3.8, 4) is 0 Å². The molecule has 0 radical (unpaired) electrons. The average molecular weight is 276 g/mol. The largest absolute Gasteiger partial charge is 0.395 e. The first-order chi connectivity index (χ1) is 9.56. The van der Waals surface area contributed by atoms with E-state index in [1.807, 2.05) is 0 Å². The molecule has 1 N–H and O–H groups in total. The fourth-order valence-electron chi connectivity index (χ4n) is 2.22. The zero-order valence-corrected chi connectivity index (χ0v) is 11.9. The normalized spacial score (nSPS) is 13.9. The molecule has 0 bridgehead atoms. The number of hydrogen-bond donors (Lipinski definition) is 1. The summed E-state index contributed by atoms with van der Waals surface area (Å²) in [6.45, 7) is 1.75. The summed E-state index contributed by atoms with van der Waals surface area (Å²) in [6.07, 6.45) is 1.97. The van der Waals surface area contributed by atoms with E-state index in [4.69, 9.17) is 5.11 Å². The summed E-state index contributed by atoms with van der Waals surface area (Å²) in [4.78, 5) is 27.3. The van der Waals surface area contributed by atoms with Crippen LogP contribution in [-0.2, 0) is 4.79 Å². The van der Waals surface area contributed by atoms with Crippen molar-refractivity contribution in [3.05, 3.63) is 29.8 Å². The smallest absolute Gasteiger partial charge is 0.256 e. The summed E-state index contributed by atoms with van der Waals surface area (Å²) < 4.78 is 0. The Morgan fingerprint density at radius 2 is 1.95 bits per heavy atom. The van der Waals surface area contributed by atoms with Crippen molar-refractivity contribution in [2.24, 2.45) is 0 Å². The van der Waals surface area contributed by atoms with Crippen LogP contribution in [0.5, 0.6) is 0 Å². The van der Waals surface area contributed by atoms with Crippen molar-refractivity contribution in [3.63, 3.8) is 0 Å². The van der Waals surface area contributed by atoms with Crippen LogP contribution in [0.2, 0.25) is 0 Å². The topological polar surface area (TPSA) is 60.9 Å². The third kappa shape index (κ3) is 2.99. The standard InChI is InChI=1S/C15H20N2O3/c1-11(19)16(2)14-6-4-3-5-13(14)15(20)17(9-10-18)12-7-8-12/h3-6,12,18H,7-10H2,1-2H3. The minimum absolute atomic E-state index is 0.0487. The first-order valence-corrected chi connectivity index (χ1v) is 6.81.